The van der Waals surface area contributed by atoms with Crippen LogP contribution in [0.15, 0.2) is 85.3 Å². The van der Waals surface area contributed by atoms with Crippen molar-refractivity contribution < 1.29 is 27.5 Å². The highest BCUT2D eigenvalue weighted by molar-refractivity contribution is 7.19. The van der Waals surface area contributed by atoms with Gasteiger partial charge in [0.1, 0.15) is 5.75 Å². The Kier molecular flexibility index (Phi) is 8.18. The maximum absolute atomic E-state index is 13.4. The zero-order valence-electron chi connectivity index (χ0n) is 23.8. The Morgan fingerprint density at radius 1 is 0.911 bits per heavy atom. The molecule has 1 fully saturated rings. The van der Waals surface area contributed by atoms with Gasteiger partial charge in [0.2, 0.25) is 11.8 Å². The molecule has 1 aliphatic heterocycles. The molecule has 0 saturated carbocycles. The molecule has 0 bridgehead atoms. The van der Waals surface area contributed by atoms with Crippen LogP contribution in [-0.2, 0) is 11.0 Å². The molecule has 1 aliphatic rings. The maximum atomic E-state index is 13.4. The number of hydrogen-bond acceptors (Lipinski definition) is 7. The lowest BCUT2D eigenvalue weighted by atomic mass is 10.0. The number of thiazole rings is 1. The van der Waals surface area contributed by atoms with Gasteiger partial charge in [-0.25, -0.2) is 14.8 Å². The van der Waals surface area contributed by atoms with Gasteiger partial charge in [-0.15, -0.1) is 0 Å². The second-order valence-corrected chi connectivity index (χ2v) is 11.2. The van der Waals surface area contributed by atoms with Crippen molar-refractivity contribution in [2.45, 2.75) is 25.9 Å². The summed E-state index contributed by atoms with van der Waals surface area (Å²) in [6.07, 6.45) is 1.46. The molecule has 5 aromatic rings. The van der Waals surface area contributed by atoms with Crippen LogP contribution in [0.25, 0.3) is 21.6 Å². The van der Waals surface area contributed by atoms with E-state index in [0.717, 1.165) is 34.7 Å². The minimum Gasteiger partial charge on any atom is -0.439 e. The molecule has 2 N–H and O–H groups in total. The van der Waals surface area contributed by atoms with E-state index in [4.69, 9.17) is 4.74 Å². The van der Waals surface area contributed by atoms with Gasteiger partial charge < -0.3 is 15.4 Å². The first-order valence-corrected chi connectivity index (χ1v) is 14.7. The quantitative estimate of drug-likeness (QED) is 0.188. The summed E-state index contributed by atoms with van der Waals surface area (Å²) in [4.78, 5) is 40.3. The fourth-order valence-corrected chi connectivity index (χ4v) is 5.65. The topological polar surface area (TPSA) is 109 Å². The number of rotatable bonds is 7. The largest absolute Gasteiger partial charge is 0.439 e. The molecule has 4 heterocycles. The third-order valence-corrected chi connectivity index (χ3v) is 8.04. The van der Waals surface area contributed by atoms with Crippen LogP contribution in [0.2, 0.25) is 0 Å². The van der Waals surface area contributed by atoms with Gasteiger partial charge in [0, 0.05) is 48.2 Å². The summed E-state index contributed by atoms with van der Waals surface area (Å²) in [5.74, 6) is 0.898. The van der Waals surface area contributed by atoms with Crippen molar-refractivity contribution in [3.63, 3.8) is 0 Å². The summed E-state index contributed by atoms with van der Waals surface area (Å²) < 4.78 is 46.1. The average molecular weight is 631 g/mol. The van der Waals surface area contributed by atoms with Gasteiger partial charge in [0.15, 0.2) is 5.13 Å². The molecule has 0 atom stereocenters. The number of alkyl halides is 3. The number of carbonyl (C=O) groups excluding carboxylic acids is 2. The van der Waals surface area contributed by atoms with Crippen LogP contribution in [-0.4, -0.2) is 33.4 Å². The van der Waals surface area contributed by atoms with Crippen molar-refractivity contribution in [2.24, 2.45) is 0 Å². The van der Waals surface area contributed by atoms with Crippen molar-refractivity contribution >= 4 is 39.8 Å². The van der Waals surface area contributed by atoms with Gasteiger partial charge in [0.25, 0.3) is 0 Å². The first-order chi connectivity index (χ1) is 21.6. The standard InChI is InChI=1S/C32H25F3N6O3S/c1-19-4-5-21(16-36-19)25-12-8-22(32(33,34)35)15-26(25)40-30(43)39-23-9-13-28(37-17-23)44-24-10-6-20(7-11-24)27-18-38-31(45-27)41-14-2-3-29(41)42/h4-13,15-18H,2-3,14H2,1H3,(H2,39,40,43). The Balaban J connectivity index is 1.09. The molecule has 13 heteroatoms. The van der Waals surface area contributed by atoms with Crippen LogP contribution >= 0.6 is 11.3 Å². The minimum atomic E-state index is -4.59. The number of pyridine rings is 2. The molecule has 3 amide bonds. The normalized spacial score (nSPS) is 13.2. The minimum absolute atomic E-state index is 0.0246. The first-order valence-electron chi connectivity index (χ1n) is 13.9. The van der Waals surface area contributed by atoms with Crippen LogP contribution in [0.5, 0.6) is 11.6 Å². The highest BCUT2D eigenvalue weighted by atomic mass is 32.1. The Labute approximate surface area is 259 Å². The summed E-state index contributed by atoms with van der Waals surface area (Å²) in [5, 5.41) is 5.79. The summed E-state index contributed by atoms with van der Waals surface area (Å²) >= 11 is 1.45. The first kappa shape index (κ1) is 29.8. The number of carbonyl (C=O) groups is 2. The predicted octanol–water partition coefficient (Wildman–Crippen LogP) is 8.16. The number of anilines is 3. The van der Waals surface area contributed by atoms with Gasteiger partial charge in [-0.05, 0) is 67.4 Å². The average Bonchev–Trinajstić information content (AvgIpc) is 3.68. The number of ether oxygens (including phenoxy) is 1. The van der Waals surface area contributed by atoms with Crippen LogP contribution in [0.4, 0.5) is 34.5 Å². The van der Waals surface area contributed by atoms with Crippen molar-refractivity contribution in [3.05, 3.63) is 96.6 Å². The molecule has 6 rings (SSSR count). The summed E-state index contributed by atoms with van der Waals surface area (Å²) in [5.41, 5.74) is 2.00. The molecular formula is C32H25F3N6O3S. The Morgan fingerprint density at radius 3 is 2.38 bits per heavy atom. The molecule has 1 saturated heterocycles. The van der Waals surface area contributed by atoms with Gasteiger partial charge >= 0.3 is 12.2 Å². The van der Waals surface area contributed by atoms with Crippen molar-refractivity contribution in [1.29, 1.82) is 0 Å². The maximum Gasteiger partial charge on any atom is 0.416 e. The van der Waals surface area contributed by atoms with E-state index >= 15 is 0 Å². The summed E-state index contributed by atoms with van der Waals surface area (Å²) in [6, 6.07) is 16.3. The van der Waals surface area contributed by atoms with Gasteiger partial charge in [-0.2, -0.15) is 13.2 Å². The van der Waals surface area contributed by atoms with Crippen LogP contribution < -0.4 is 20.3 Å². The van der Waals surface area contributed by atoms with E-state index in [0.29, 0.717) is 40.7 Å². The number of nitrogens with zero attached hydrogens (tertiary/aromatic N) is 4. The number of nitrogens with one attached hydrogen (secondary N) is 2. The third-order valence-electron chi connectivity index (χ3n) is 6.97. The molecule has 228 valence electrons. The molecule has 0 spiro atoms. The Morgan fingerprint density at radius 2 is 1.71 bits per heavy atom. The van der Waals surface area contributed by atoms with Crippen LogP contribution in [0.3, 0.4) is 0 Å². The molecule has 2 aromatic carbocycles. The summed E-state index contributed by atoms with van der Waals surface area (Å²) in [6.45, 7) is 2.48. The number of aromatic nitrogens is 3. The Bertz CT molecular complexity index is 1840. The molecule has 0 unspecified atom stereocenters. The zero-order valence-corrected chi connectivity index (χ0v) is 24.6. The highest BCUT2D eigenvalue weighted by Gasteiger charge is 2.31. The van der Waals surface area contributed by atoms with E-state index in [1.54, 1.807) is 54.4 Å². The van der Waals surface area contributed by atoms with E-state index in [1.807, 2.05) is 12.1 Å². The van der Waals surface area contributed by atoms with Crippen molar-refractivity contribution in [2.75, 3.05) is 22.1 Å². The lowest BCUT2D eigenvalue weighted by Crippen LogP contribution is -2.23. The van der Waals surface area contributed by atoms with E-state index in [-0.39, 0.29) is 17.5 Å². The predicted molar refractivity (Wildman–Crippen MR) is 166 cm³/mol. The highest BCUT2D eigenvalue weighted by Crippen LogP contribution is 2.37. The molecule has 0 aliphatic carbocycles. The molecule has 3 aromatic heterocycles. The monoisotopic (exact) mass is 630 g/mol. The number of urea groups is 1. The number of amides is 3. The molecular weight excluding hydrogens is 605 g/mol. The van der Waals surface area contributed by atoms with E-state index in [1.165, 1.54) is 29.8 Å². The number of hydrogen-bond donors (Lipinski definition) is 2. The van der Waals surface area contributed by atoms with Gasteiger partial charge in [0.05, 0.1) is 28.0 Å². The van der Waals surface area contributed by atoms with Crippen LogP contribution in [0, 0.1) is 6.92 Å². The third kappa shape index (κ3) is 6.93. The second kappa shape index (κ2) is 12.4. The van der Waals surface area contributed by atoms with Gasteiger partial charge in [-0.3, -0.25) is 14.7 Å². The number of halogens is 3. The van der Waals surface area contributed by atoms with Crippen molar-refractivity contribution in [1.82, 2.24) is 15.0 Å². The second-order valence-electron chi connectivity index (χ2n) is 10.2. The molecule has 45 heavy (non-hydrogen) atoms. The zero-order chi connectivity index (χ0) is 31.6. The smallest absolute Gasteiger partial charge is 0.416 e. The van der Waals surface area contributed by atoms with Gasteiger partial charge in [-0.1, -0.05) is 23.5 Å². The Hall–Kier alpha value is -5.30. The van der Waals surface area contributed by atoms with E-state index in [2.05, 4.69) is 25.6 Å². The lowest BCUT2D eigenvalue weighted by molar-refractivity contribution is -0.137. The van der Waals surface area contributed by atoms with Crippen LogP contribution in [0.1, 0.15) is 24.1 Å². The summed E-state index contributed by atoms with van der Waals surface area (Å²) in [7, 11) is 0. The van der Waals surface area contributed by atoms with Crippen molar-refractivity contribution in [3.8, 4) is 33.2 Å². The number of aryl methyl sites for hydroxylation is 1. The fraction of sp³-hybridized carbons (Fsp3) is 0.156. The fourth-order valence-electron chi connectivity index (χ4n) is 4.68. The van der Waals surface area contributed by atoms with E-state index in [9.17, 15) is 22.8 Å². The van der Waals surface area contributed by atoms with E-state index < -0.39 is 17.8 Å². The lowest BCUT2D eigenvalue weighted by Gasteiger charge is -2.15. The molecule has 0 radical (unpaired) electrons. The SMILES string of the molecule is Cc1ccc(-c2ccc(C(F)(F)F)cc2NC(=O)Nc2ccc(Oc3ccc(-c4cnc(N5CCCC5=O)s4)cc3)nc2)cn1. The number of benzene rings is 2. The molecule has 9 nitrogen and oxygen atoms in total.